The lowest BCUT2D eigenvalue weighted by molar-refractivity contribution is -0.136. The summed E-state index contributed by atoms with van der Waals surface area (Å²) < 4.78 is 0. The highest BCUT2D eigenvalue weighted by Gasteiger charge is 2.44. The lowest BCUT2D eigenvalue weighted by Crippen LogP contribution is -2.54. The number of carbonyl (C=O) groups is 4. The molecule has 4 amide bonds. The van der Waals surface area contributed by atoms with Gasteiger partial charge in [-0.1, -0.05) is 0 Å². The summed E-state index contributed by atoms with van der Waals surface area (Å²) in [4.78, 5) is 52.6. The minimum Gasteiger partial charge on any atom is -0.367 e. The van der Waals surface area contributed by atoms with Gasteiger partial charge >= 0.3 is 0 Å². The molecule has 8 heteroatoms. The third-order valence-electron chi connectivity index (χ3n) is 5.82. The number of carbonyl (C=O) groups excluding carboxylic acids is 4. The fourth-order valence-electron chi connectivity index (χ4n) is 4.43. The lowest BCUT2D eigenvalue weighted by atomic mass is 10.00. The van der Waals surface area contributed by atoms with E-state index >= 15 is 0 Å². The van der Waals surface area contributed by atoms with E-state index in [1.807, 2.05) is 13.1 Å². The van der Waals surface area contributed by atoms with E-state index in [2.05, 4.69) is 15.5 Å². The third-order valence-corrected chi connectivity index (χ3v) is 5.82. The first-order valence-corrected chi connectivity index (χ1v) is 9.78. The van der Waals surface area contributed by atoms with Gasteiger partial charge in [-0.3, -0.25) is 29.4 Å². The van der Waals surface area contributed by atoms with Crippen LogP contribution in [0.5, 0.6) is 0 Å². The van der Waals surface area contributed by atoms with Crippen molar-refractivity contribution in [1.29, 1.82) is 0 Å². The molecule has 0 spiro atoms. The van der Waals surface area contributed by atoms with Gasteiger partial charge in [0.15, 0.2) is 0 Å². The molecule has 0 saturated carbocycles. The molecule has 3 aliphatic rings. The quantitative estimate of drug-likeness (QED) is 0.741. The van der Waals surface area contributed by atoms with Crippen molar-refractivity contribution in [2.45, 2.75) is 44.2 Å². The van der Waals surface area contributed by atoms with Crippen LogP contribution >= 0.6 is 0 Å². The summed E-state index contributed by atoms with van der Waals surface area (Å²) in [6.45, 7) is 1.76. The summed E-state index contributed by atoms with van der Waals surface area (Å²) >= 11 is 0. The Morgan fingerprint density at radius 1 is 1.07 bits per heavy atom. The lowest BCUT2D eigenvalue weighted by Gasteiger charge is -2.37. The topological polar surface area (TPSA) is 98.8 Å². The molecule has 2 atom stereocenters. The summed E-state index contributed by atoms with van der Waals surface area (Å²) in [5, 5.41) is 5.44. The number of imide groups is 2. The van der Waals surface area contributed by atoms with Crippen LogP contribution in [0.2, 0.25) is 0 Å². The normalized spacial score (nSPS) is 25.2. The first kappa shape index (κ1) is 18.6. The number of hydrogen-bond acceptors (Lipinski definition) is 6. The van der Waals surface area contributed by atoms with Crippen LogP contribution in [0, 0.1) is 0 Å². The van der Waals surface area contributed by atoms with E-state index in [9.17, 15) is 19.2 Å². The second-order valence-electron chi connectivity index (χ2n) is 7.58. The number of rotatable bonds is 4. The van der Waals surface area contributed by atoms with Crippen LogP contribution < -0.4 is 15.5 Å². The fourth-order valence-corrected chi connectivity index (χ4v) is 4.43. The first-order valence-electron chi connectivity index (χ1n) is 9.78. The Morgan fingerprint density at radius 2 is 1.86 bits per heavy atom. The highest BCUT2D eigenvalue weighted by Crippen LogP contribution is 2.32. The molecular formula is C20H24N4O4. The summed E-state index contributed by atoms with van der Waals surface area (Å²) in [6.07, 6.45) is 3.63. The Hall–Kier alpha value is -2.74. The van der Waals surface area contributed by atoms with Gasteiger partial charge in [0, 0.05) is 31.2 Å². The largest absolute Gasteiger partial charge is 0.367 e. The van der Waals surface area contributed by atoms with E-state index in [4.69, 9.17) is 0 Å². The van der Waals surface area contributed by atoms with E-state index in [-0.39, 0.29) is 18.7 Å². The zero-order valence-electron chi connectivity index (χ0n) is 15.9. The highest BCUT2D eigenvalue weighted by atomic mass is 16.2. The number of fused-ring (bicyclic) bond motifs is 1. The summed E-state index contributed by atoms with van der Waals surface area (Å²) in [5.74, 6) is -1.89. The maximum absolute atomic E-state index is 13.0. The summed E-state index contributed by atoms with van der Waals surface area (Å²) in [7, 11) is 1.93. The van der Waals surface area contributed by atoms with Crippen LogP contribution in [0.4, 0.5) is 5.69 Å². The number of anilines is 1. The summed E-state index contributed by atoms with van der Waals surface area (Å²) in [5.41, 5.74) is 1.58. The molecule has 0 radical (unpaired) electrons. The average Bonchev–Trinajstić information content (AvgIpc) is 2.93. The zero-order valence-corrected chi connectivity index (χ0v) is 15.9. The number of nitrogens with zero attached hydrogens (tertiary/aromatic N) is 2. The van der Waals surface area contributed by atoms with E-state index in [1.54, 1.807) is 12.1 Å². The predicted molar refractivity (Wildman–Crippen MR) is 102 cm³/mol. The molecule has 4 rings (SSSR count). The van der Waals surface area contributed by atoms with E-state index < -0.39 is 23.8 Å². The van der Waals surface area contributed by atoms with Crippen molar-refractivity contribution in [3.8, 4) is 0 Å². The van der Waals surface area contributed by atoms with Gasteiger partial charge in [-0.05, 0) is 50.9 Å². The molecule has 3 heterocycles. The first-order chi connectivity index (χ1) is 13.5. The van der Waals surface area contributed by atoms with Gasteiger partial charge in [0.1, 0.15) is 6.04 Å². The molecule has 2 N–H and O–H groups in total. The molecule has 1 aromatic rings. The Labute approximate surface area is 163 Å². The van der Waals surface area contributed by atoms with Crippen LogP contribution in [0.3, 0.4) is 0 Å². The van der Waals surface area contributed by atoms with Gasteiger partial charge < -0.3 is 10.2 Å². The van der Waals surface area contributed by atoms with Crippen molar-refractivity contribution in [3.63, 3.8) is 0 Å². The molecule has 1 aromatic carbocycles. The van der Waals surface area contributed by atoms with Crippen LogP contribution in [0.1, 0.15) is 52.8 Å². The van der Waals surface area contributed by atoms with Crippen molar-refractivity contribution in [2.75, 3.05) is 25.0 Å². The number of piperidine rings is 2. The summed E-state index contributed by atoms with van der Waals surface area (Å²) in [6, 6.07) is 4.75. The molecule has 8 nitrogen and oxygen atoms in total. The smallest absolute Gasteiger partial charge is 0.262 e. The van der Waals surface area contributed by atoms with Crippen molar-refractivity contribution in [2.24, 2.45) is 0 Å². The second-order valence-corrected chi connectivity index (χ2v) is 7.58. The van der Waals surface area contributed by atoms with Gasteiger partial charge in [0.25, 0.3) is 11.8 Å². The SMILES string of the molecule is CNC[C@@H]1CCCCN1c1ccc2c(c1)C(=O)N(C1CCC(=O)NC1=O)C2=O. The molecular weight excluding hydrogens is 360 g/mol. The van der Waals surface area contributed by atoms with Crippen LogP contribution in [0.15, 0.2) is 18.2 Å². The number of likely N-dealkylation sites (N-methyl/N-ethyl adjacent to an activating group) is 1. The predicted octanol–water partition coefficient (Wildman–Crippen LogP) is 0.666. The Morgan fingerprint density at radius 3 is 2.61 bits per heavy atom. The monoisotopic (exact) mass is 384 g/mol. The van der Waals surface area contributed by atoms with Gasteiger partial charge in [0.2, 0.25) is 11.8 Å². The van der Waals surface area contributed by atoms with Gasteiger partial charge in [0.05, 0.1) is 11.1 Å². The van der Waals surface area contributed by atoms with Crippen LogP contribution in [-0.4, -0.2) is 60.7 Å². The third kappa shape index (κ3) is 3.07. The zero-order chi connectivity index (χ0) is 19.8. The average molecular weight is 384 g/mol. The van der Waals surface area contributed by atoms with Gasteiger partial charge in [-0.25, -0.2) is 0 Å². The van der Waals surface area contributed by atoms with Crippen LogP contribution in [0.25, 0.3) is 0 Å². The van der Waals surface area contributed by atoms with E-state index in [0.29, 0.717) is 17.2 Å². The van der Waals surface area contributed by atoms with Gasteiger partial charge in [-0.2, -0.15) is 0 Å². The number of nitrogens with one attached hydrogen (secondary N) is 2. The Kier molecular flexibility index (Phi) is 4.89. The molecule has 1 unspecified atom stereocenters. The minimum atomic E-state index is -0.930. The highest BCUT2D eigenvalue weighted by molar-refractivity contribution is 6.23. The van der Waals surface area contributed by atoms with Crippen molar-refractivity contribution in [3.05, 3.63) is 29.3 Å². The van der Waals surface area contributed by atoms with E-state index in [0.717, 1.165) is 36.5 Å². The van der Waals surface area contributed by atoms with E-state index in [1.165, 1.54) is 6.42 Å². The number of hydrogen-bond donors (Lipinski definition) is 2. The van der Waals surface area contributed by atoms with Gasteiger partial charge in [-0.15, -0.1) is 0 Å². The Balaban J connectivity index is 1.62. The fraction of sp³-hybridized carbons (Fsp3) is 0.500. The standard InChI is InChI=1S/C20H24N4O4/c1-21-11-13-4-2-3-9-23(13)12-5-6-14-15(10-12)20(28)24(19(14)27)16-7-8-17(25)22-18(16)26/h5-6,10,13,16,21H,2-4,7-9,11H2,1H3,(H,22,25,26)/t13-,16?/m0/s1. The molecule has 2 fully saturated rings. The molecule has 0 aromatic heterocycles. The molecule has 2 saturated heterocycles. The van der Waals surface area contributed by atoms with Crippen LogP contribution in [-0.2, 0) is 9.59 Å². The minimum absolute atomic E-state index is 0.120. The van der Waals surface area contributed by atoms with Crippen molar-refractivity contribution < 1.29 is 19.2 Å². The van der Waals surface area contributed by atoms with Crippen molar-refractivity contribution >= 4 is 29.3 Å². The maximum Gasteiger partial charge on any atom is 0.262 e. The molecule has 0 aliphatic carbocycles. The maximum atomic E-state index is 13.0. The second kappa shape index (κ2) is 7.35. The van der Waals surface area contributed by atoms with Crippen molar-refractivity contribution in [1.82, 2.24) is 15.5 Å². The molecule has 3 aliphatic heterocycles. The molecule has 28 heavy (non-hydrogen) atoms. The molecule has 0 bridgehead atoms. The Bertz CT molecular complexity index is 851. The molecule has 148 valence electrons. The number of amides is 4. The number of benzene rings is 1.